The van der Waals surface area contributed by atoms with Gasteiger partial charge in [0.2, 0.25) is 0 Å². The normalized spacial score (nSPS) is 22.0. The second-order valence-electron chi connectivity index (χ2n) is 8.31. The van der Waals surface area contributed by atoms with Crippen LogP contribution in [0.3, 0.4) is 0 Å². The first-order valence-electron chi connectivity index (χ1n) is 10.8. The number of nitrogens with zero attached hydrogens (tertiary/aromatic N) is 2. The number of hydrogen-bond donors (Lipinski definition) is 1. The van der Waals surface area contributed by atoms with Gasteiger partial charge in [0.1, 0.15) is 11.6 Å². The van der Waals surface area contributed by atoms with Crippen LogP contribution in [0, 0.1) is 5.82 Å². The lowest BCUT2D eigenvalue weighted by Gasteiger charge is -2.59. The standard InChI is InChI=1S/C26H25FN2O3/c1-32-19-9-6-8-17(13-19)26(31)29-15-23-25(20-10-3-5-12-22(20)29)24(16-30)28(23)14-18-7-2-4-11-21(18)27/h2-13,23-25,30H,14-16H2,1H3/t23-,24+,25+/m1/s1. The number of aliphatic hydroxyl groups is 1. The van der Waals surface area contributed by atoms with Crippen LogP contribution in [-0.4, -0.2) is 48.3 Å². The van der Waals surface area contributed by atoms with Crippen molar-refractivity contribution >= 4 is 11.6 Å². The molecule has 1 fully saturated rings. The van der Waals surface area contributed by atoms with Crippen molar-refractivity contribution in [2.45, 2.75) is 24.5 Å². The molecule has 3 aromatic rings. The lowest BCUT2D eigenvalue weighted by atomic mass is 9.71. The van der Waals surface area contributed by atoms with E-state index in [1.165, 1.54) is 6.07 Å². The third kappa shape index (κ3) is 3.36. The van der Waals surface area contributed by atoms with E-state index in [1.807, 2.05) is 36.4 Å². The number of carbonyl (C=O) groups excluding carboxylic acids is 1. The molecule has 0 saturated carbocycles. The van der Waals surface area contributed by atoms with Gasteiger partial charge in [0.15, 0.2) is 0 Å². The number of carbonyl (C=O) groups is 1. The maximum absolute atomic E-state index is 14.3. The molecule has 3 atom stereocenters. The summed E-state index contributed by atoms with van der Waals surface area (Å²) in [4.78, 5) is 17.4. The predicted octanol–water partition coefficient (Wildman–Crippen LogP) is 3.82. The molecule has 5 rings (SSSR count). The van der Waals surface area contributed by atoms with E-state index in [9.17, 15) is 14.3 Å². The van der Waals surface area contributed by atoms with Crippen LogP contribution in [0.2, 0.25) is 0 Å². The average molecular weight is 432 g/mol. The molecular formula is C26H25FN2O3. The van der Waals surface area contributed by atoms with Gasteiger partial charge < -0.3 is 14.7 Å². The van der Waals surface area contributed by atoms with Gasteiger partial charge in [-0.2, -0.15) is 0 Å². The Morgan fingerprint density at radius 3 is 2.66 bits per heavy atom. The Morgan fingerprint density at radius 1 is 1.09 bits per heavy atom. The summed E-state index contributed by atoms with van der Waals surface area (Å²) < 4.78 is 19.6. The van der Waals surface area contributed by atoms with Crippen LogP contribution < -0.4 is 9.64 Å². The molecule has 0 bridgehead atoms. The number of hydrogen-bond acceptors (Lipinski definition) is 4. The lowest BCUT2D eigenvalue weighted by molar-refractivity contribution is -0.0494. The van der Waals surface area contributed by atoms with Crippen LogP contribution in [0.15, 0.2) is 72.8 Å². The molecule has 0 spiro atoms. The van der Waals surface area contributed by atoms with Gasteiger partial charge in [0, 0.05) is 47.9 Å². The van der Waals surface area contributed by atoms with E-state index in [4.69, 9.17) is 4.74 Å². The molecule has 1 saturated heterocycles. The van der Waals surface area contributed by atoms with Gasteiger partial charge in [-0.3, -0.25) is 9.69 Å². The van der Waals surface area contributed by atoms with Crippen LogP contribution >= 0.6 is 0 Å². The molecule has 2 heterocycles. The Bertz CT molecular complexity index is 1150. The number of methoxy groups -OCH3 is 1. The molecule has 1 amide bonds. The number of fused-ring (bicyclic) bond motifs is 3. The van der Waals surface area contributed by atoms with E-state index in [0.717, 1.165) is 11.3 Å². The van der Waals surface area contributed by atoms with Crippen molar-refractivity contribution in [1.29, 1.82) is 0 Å². The van der Waals surface area contributed by atoms with Crippen LogP contribution in [-0.2, 0) is 6.54 Å². The number of amides is 1. The Hall–Kier alpha value is -3.22. The fraction of sp³-hybridized carbons (Fsp3) is 0.269. The first-order valence-corrected chi connectivity index (χ1v) is 10.8. The number of aliphatic hydroxyl groups excluding tert-OH is 1. The molecule has 32 heavy (non-hydrogen) atoms. The summed E-state index contributed by atoms with van der Waals surface area (Å²) >= 11 is 0. The highest BCUT2D eigenvalue weighted by molar-refractivity contribution is 6.07. The fourth-order valence-corrected chi connectivity index (χ4v) is 5.13. The summed E-state index contributed by atoms with van der Waals surface area (Å²) in [6.45, 7) is 0.846. The predicted molar refractivity (Wildman–Crippen MR) is 120 cm³/mol. The minimum atomic E-state index is -0.256. The van der Waals surface area contributed by atoms with E-state index in [2.05, 4.69) is 4.90 Å². The molecule has 2 aliphatic heterocycles. The minimum absolute atomic E-state index is 0.00351. The van der Waals surface area contributed by atoms with Crippen molar-refractivity contribution < 1.29 is 19.0 Å². The monoisotopic (exact) mass is 432 g/mol. The van der Waals surface area contributed by atoms with Crippen LogP contribution in [0.4, 0.5) is 10.1 Å². The van der Waals surface area contributed by atoms with E-state index >= 15 is 0 Å². The number of ether oxygens (including phenoxy) is 1. The number of para-hydroxylation sites is 1. The van der Waals surface area contributed by atoms with E-state index in [0.29, 0.717) is 30.0 Å². The van der Waals surface area contributed by atoms with Crippen LogP contribution in [0.25, 0.3) is 0 Å². The SMILES string of the molecule is COc1cccc(C(=O)N2C[C@@H]3[C@H](c4ccccc42)[C@H](CO)N3Cc2ccccc2F)c1. The number of rotatable bonds is 5. The van der Waals surface area contributed by atoms with Crippen molar-refractivity contribution in [3.05, 3.63) is 95.3 Å². The van der Waals surface area contributed by atoms with Gasteiger partial charge >= 0.3 is 0 Å². The second-order valence-corrected chi connectivity index (χ2v) is 8.31. The first kappa shape index (κ1) is 20.7. The molecular weight excluding hydrogens is 407 g/mol. The maximum atomic E-state index is 14.3. The summed E-state index contributed by atoms with van der Waals surface area (Å²) in [6.07, 6.45) is 0. The number of benzene rings is 3. The molecule has 2 aliphatic rings. The summed E-state index contributed by atoms with van der Waals surface area (Å²) in [7, 11) is 1.58. The van der Waals surface area contributed by atoms with Gasteiger partial charge in [-0.1, -0.05) is 42.5 Å². The Labute approximate surface area is 186 Å². The largest absolute Gasteiger partial charge is 0.497 e. The van der Waals surface area contributed by atoms with E-state index in [-0.39, 0.29) is 36.3 Å². The molecule has 0 unspecified atom stereocenters. The zero-order valence-electron chi connectivity index (χ0n) is 17.8. The molecule has 6 heteroatoms. The highest BCUT2D eigenvalue weighted by Crippen LogP contribution is 2.49. The summed E-state index contributed by atoms with van der Waals surface area (Å²) in [5.74, 6) is 0.364. The molecule has 0 aromatic heterocycles. The van der Waals surface area contributed by atoms with E-state index in [1.54, 1.807) is 42.3 Å². The highest BCUT2D eigenvalue weighted by Gasteiger charge is 2.53. The van der Waals surface area contributed by atoms with Gasteiger partial charge in [0.25, 0.3) is 5.91 Å². The average Bonchev–Trinajstić information content (AvgIpc) is 2.83. The molecule has 5 nitrogen and oxygen atoms in total. The van der Waals surface area contributed by atoms with Crippen molar-refractivity contribution in [3.63, 3.8) is 0 Å². The molecule has 164 valence electrons. The topological polar surface area (TPSA) is 53.0 Å². The number of halogens is 1. The Kier molecular flexibility index (Phi) is 5.41. The van der Waals surface area contributed by atoms with Crippen LogP contribution in [0.1, 0.15) is 27.4 Å². The quantitative estimate of drug-likeness (QED) is 0.666. The molecule has 3 aromatic carbocycles. The van der Waals surface area contributed by atoms with Crippen molar-refractivity contribution in [2.75, 3.05) is 25.2 Å². The summed E-state index contributed by atoms with van der Waals surface area (Å²) in [5.41, 5.74) is 3.06. The van der Waals surface area contributed by atoms with Crippen molar-refractivity contribution in [1.82, 2.24) is 4.90 Å². The Morgan fingerprint density at radius 2 is 1.88 bits per heavy atom. The maximum Gasteiger partial charge on any atom is 0.258 e. The summed E-state index contributed by atoms with van der Waals surface area (Å²) in [5, 5.41) is 10.1. The zero-order chi connectivity index (χ0) is 22.2. The van der Waals surface area contributed by atoms with Gasteiger partial charge in [-0.25, -0.2) is 4.39 Å². The highest BCUT2D eigenvalue weighted by atomic mass is 19.1. The fourth-order valence-electron chi connectivity index (χ4n) is 5.13. The molecule has 0 aliphatic carbocycles. The summed E-state index contributed by atoms with van der Waals surface area (Å²) in [6, 6.07) is 21.6. The van der Waals surface area contributed by atoms with Crippen molar-refractivity contribution in [3.8, 4) is 5.75 Å². The van der Waals surface area contributed by atoms with Gasteiger partial charge in [-0.05, 0) is 35.9 Å². The molecule has 0 radical (unpaired) electrons. The van der Waals surface area contributed by atoms with Gasteiger partial charge in [0.05, 0.1) is 13.7 Å². The number of anilines is 1. The zero-order valence-corrected chi connectivity index (χ0v) is 17.8. The second kappa shape index (κ2) is 8.37. The Balaban J connectivity index is 1.50. The lowest BCUT2D eigenvalue weighted by Crippen LogP contribution is -2.68. The number of likely N-dealkylation sites (tertiary alicyclic amines) is 1. The smallest absolute Gasteiger partial charge is 0.258 e. The van der Waals surface area contributed by atoms with Gasteiger partial charge in [-0.15, -0.1) is 0 Å². The van der Waals surface area contributed by atoms with Crippen LogP contribution in [0.5, 0.6) is 5.75 Å². The minimum Gasteiger partial charge on any atom is -0.497 e. The first-order chi connectivity index (χ1) is 15.6. The third-order valence-electron chi connectivity index (χ3n) is 6.70. The van der Waals surface area contributed by atoms with E-state index < -0.39 is 0 Å². The van der Waals surface area contributed by atoms with Crippen molar-refractivity contribution in [2.24, 2.45) is 0 Å². The molecule has 1 N–H and O–H groups in total. The third-order valence-corrected chi connectivity index (χ3v) is 6.70.